The van der Waals surface area contributed by atoms with Crippen molar-refractivity contribution in [1.82, 2.24) is 0 Å². The van der Waals surface area contributed by atoms with Crippen LogP contribution in [0.25, 0.3) is 0 Å². The fraction of sp³-hybridized carbons (Fsp3) is 0.800. The molecular formula is C5H11NO3. The molecule has 0 aromatic carbocycles. The van der Waals surface area contributed by atoms with Crippen molar-refractivity contribution in [2.24, 2.45) is 5.90 Å². The van der Waals surface area contributed by atoms with Gasteiger partial charge in [-0.1, -0.05) is 0 Å². The first-order valence-corrected chi connectivity index (χ1v) is 2.74. The van der Waals surface area contributed by atoms with Gasteiger partial charge in [0, 0.05) is 6.61 Å². The van der Waals surface area contributed by atoms with E-state index in [0.29, 0.717) is 6.61 Å². The van der Waals surface area contributed by atoms with E-state index >= 15 is 0 Å². The summed E-state index contributed by atoms with van der Waals surface area (Å²) in [6.07, 6.45) is -0.556. The molecule has 0 aliphatic carbocycles. The van der Waals surface area contributed by atoms with Gasteiger partial charge in [0.2, 0.25) is 0 Å². The molecule has 0 rings (SSSR count). The Morgan fingerprint density at radius 2 is 2.33 bits per heavy atom. The lowest BCUT2D eigenvalue weighted by molar-refractivity contribution is -0.156. The Bertz CT molecular complexity index is 94.2. The highest BCUT2D eigenvalue weighted by atomic mass is 16.7. The Morgan fingerprint density at radius 1 is 1.78 bits per heavy atom. The van der Waals surface area contributed by atoms with Crippen LogP contribution in [0.15, 0.2) is 0 Å². The van der Waals surface area contributed by atoms with Crippen LogP contribution in [0, 0.1) is 0 Å². The molecule has 2 N–H and O–H groups in total. The van der Waals surface area contributed by atoms with E-state index in [0.717, 1.165) is 0 Å². The van der Waals surface area contributed by atoms with Gasteiger partial charge in [-0.15, -0.1) is 0 Å². The zero-order chi connectivity index (χ0) is 7.28. The Morgan fingerprint density at radius 3 is 2.67 bits per heavy atom. The first-order valence-electron chi connectivity index (χ1n) is 2.74. The molecule has 4 nitrogen and oxygen atoms in total. The third-order valence-corrected chi connectivity index (χ3v) is 0.865. The lowest BCUT2D eigenvalue weighted by atomic mass is 10.4. The Hall–Kier alpha value is -0.610. The van der Waals surface area contributed by atoms with Crippen molar-refractivity contribution in [2.45, 2.75) is 20.0 Å². The van der Waals surface area contributed by atoms with Gasteiger partial charge in [0.25, 0.3) is 0 Å². The van der Waals surface area contributed by atoms with E-state index in [1.54, 1.807) is 13.8 Å². The lowest BCUT2D eigenvalue weighted by Crippen LogP contribution is -2.25. The maximum atomic E-state index is 10.4. The third-order valence-electron chi connectivity index (χ3n) is 0.865. The maximum absolute atomic E-state index is 10.4. The SMILES string of the molecule is CCOC(C)C(=O)ON. The van der Waals surface area contributed by atoms with E-state index in [2.05, 4.69) is 10.7 Å². The summed E-state index contributed by atoms with van der Waals surface area (Å²) in [5.41, 5.74) is 0. The van der Waals surface area contributed by atoms with Gasteiger partial charge in [-0.25, -0.2) is 4.79 Å². The number of ether oxygens (including phenoxy) is 1. The number of hydrogen-bond donors (Lipinski definition) is 1. The molecule has 0 radical (unpaired) electrons. The summed E-state index contributed by atoms with van der Waals surface area (Å²) in [4.78, 5) is 14.3. The summed E-state index contributed by atoms with van der Waals surface area (Å²) >= 11 is 0. The first kappa shape index (κ1) is 8.39. The molecule has 0 aromatic heterocycles. The van der Waals surface area contributed by atoms with E-state index in [9.17, 15) is 4.79 Å². The van der Waals surface area contributed by atoms with Crippen LogP contribution in [0.4, 0.5) is 0 Å². The summed E-state index contributed by atoms with van der Waals surface area (Å²) < 4.78 is 4.84. The molecule has 0 spiro atoms. The fourth-order valence-electron chi connectivity index (χ4n) is 0.414. The highest BCUT2D eigenvalue weighted by Crippen LogP contribution is 1.90. The standard InChI is InChI=1S/C5H11NO3/c1-3-8-4(2)5(7)9-6/h4H,3,6H2,1-2H3. The monoisotopic (exact) mass is 133 g/mol. The van der Waals surface area contributed by atoms with Crippen LogP contribution >= 0.6 is 0 Å². The molecule has 0 aromatic rings. The molecule has 9 heavy (non-hydrogen) atoms. The van der Waals surface area contributed by atoms with Gasteiger partial charge in [0.15, 0.2) is 6.10 Å². The van der Waals surface area contributed by atoms with Crippen molar-refractivity contribution in [3.63, 3.8) is 0 Å². The van der Waals surface area contributed by atoms with Crippen molar-refractivity contribution in [2.75, 3.05) is 6.61 Å². The Balaban J connectivity index is 3.45. The van der Waals surface area contributed by atoms with Gasteiger partial charge >= 0.3 is 5.97 Å². The van der Waals surface area contributed by atoms with Gasteiger partial charge in [-0.05, 0) is 13.8 Å². The van der Waals surface area contributed by atoms with Crippen LogP contribution in [0.3, 0.4) is 0 Å². The minimum Gasteiger partial charge on any atom is -0.371 e. The van der Waals surface area contributed by atoms with Gasteiger partial charge < -0.3 is 9.57 Å². The van der Waals surface area contributed by atoms with Crippen LogP contribution < -0.4 is 5.90 Å². The molecule has 0 saturated heterocycles. The van der Waals surface area contributed by atoms with Crippen molar-refractivity contribution >= 4 is 5.97 Å². The molecule has 54 valence electrons. The van der Waals surface area contributed by atoms with Crippen molar-refractivity contribution in [3.05, 3.63) is 0 Å². The molecule has 4 heteroatoms. The van der Waals surface area contributed by atoms with Gasteiger partial charge in [-0.3, -0.25) is 0 Å². The number of rotatable bonds is 3. The smallest absolute Gasteiger partial charge is 0.353 e. The predicted octanol–water partition coefficient (Wildman–Crippen LogP) is -0.172. The number of hydrogen-bond acceptors (Lipinski definition) is 4. The molecule has 1 atom stereocenters. The van der Waals surface area contributed by atoms with Crippen LogP contribution in [-0.2, 0) is 14.4 Å². The molecule has 0 amide bonds. The van der Waals surface area contributed by atoms with E-state index in [1.807, 2.05) is 0 Å². The molecule has 0 aliphatic heterocycles. The normalized spacial score (nSPS) is 12.8. The average Bonchev–Trinajstić information content (AvgIpc) is 1.87. The minimum atomic E-state index is -0.556. The van der Waals surface area contributed by atoms with Crippen LogP contribution in [0.1, 0.15) is 13.8 Å². The van der Waals surface area contributed by atoms with Gasteiger partial charge in [0.1, 0.15) is 0 Å². The highest BCUT2D eigenvalue weighted by molar-refractivity contribution is 5.73. The van der Waals surface area contributed by atoms with Crippen molar-refractivity contribution in [1.29, 1.82) is 0 Å². The van der Waals surface area contributed by atoms with Crippen LogP contribution in [0.2, 0.25) is 0 Å². The van der Waals surface area contributed by atoms with E-state index in [4.69, 9.17) is 4.74 Å². The van der Waals surface area contributed by atoms with E-state index in [-0.39, 0.29) is 0 Å². The molecule has 1 unspecified atom stereocenters. The van der Waals surface area contributed by atoms with Crippen LogP contribution in [0.5, 0.6) is 0 Å². The number of nitrogens with two attached hydrogens (primary N) is 1. The average molecular weight is 133 g/mol. The minimum absolute atomic E-state index is 0.482. The highest BCUT2D eigenvalue weighted by Gasteiger charge is 2.11. The fourth-order valence-corrected chi connectivity index (χ4v) is 0.414. The number of carbonyl (C=O) groups excluding carboxylic acids is 1. The van der Waals surface area contributed by atoms with Crippen molar-refractivity contribution < 1.29 is 14.4 Å². The quantitative estimate of drug-likeness (QED) is 0.543. The Kier molecular flexibility index (Phi) is 4.00. The zero-order valence-electron chi connectivity index (χ0n) is 5.59. The zero-order valence-corrected chi connectivity index (χ0v) is 5.59. The number of carbonyl (C=O) groups is 1. The van der Waals surface area contributed by atoms with E-state index < -0.39 is 12.1 Å². The second kappa shape index (κ2) is 4.29. The molecule has 0 heterocycles. The maximum Gasteiger partial charge on any atom is 0.353 e. The summed E-state index contributed by atoms with van der Waals surface area (Å²) in [7, 11) is 0. The second-order valence-corrected chi connectivity index (χ2v) is 1.53. The largest absolute Gasteiger partial charge is 0.371 e. The van der Waals surface area contributed by atoms with Crippen molar-refractivity contribution in [3.8, 4) is 0 Å². The van der Waals surface area contributed by atoms with Gasteiger partial charge in [0.05, 0.1) is 0 Å². The molecular weight excluding hydrogens is 122 g/mol. The lowest BCUT2D eigenvalue weighted by Gasteiger charge is -2.06. The Labute approximate surface area is 53.9 Å². The topological polar surface area (TPSA) is 61.5 Å². The predicted molar refractivity (Wildman–Crippen MR) is 31.4 cm³/mol. The molecule has 0 aliphatic rings. The molecule has 0 bridgehead atoms. The molecule has 0 saturated carbocycles. The summed E-state index contributed by atoms with van der Waals surface area (Å²) in [5, 5.41) is 0. The van der Waals surface area contributed by atoms with Crippen LogP contribution in [-0.4, -0.2) is 18.7 Å². The molecule has 0 fully saturated rings. The summed E-state index contributed by atoms with van der Waals surface area (Å²) in [6.45, 7) is 3.86. The summed E-state index contributed by atoms with van der Waals surface area (Å²) in [5.74, 6) is 4.03. The second-order valence-electron chi connectivity index (χ2n) is 1.53. The van der Waals surface area contributed by atoms with E-state index in [1.165, 1.54) is 0 Å². The third kappa shape index (κ3) is 3.05. The first-order chi connectivity index (χ1) is 4.22. The van der Waals surface area contributed by atoms with Gasteiger partial charge in [-0.2, -0.15) is 5.90 Å². The summed E-state index contributed by atoms with van der Waals surface area (Å²) in [6, 6.07) is 0.